The van der Waals surface area contributed by atoms with Crippen LogP contribution in [0.1, 0.15) is 0 Å². The maximum Gasteiger partial charge on any atom is 0.227 e. The molecule has 0 aliphatic rings. The molecule has 8 aromatic carbocycles. The molecule has 0 N–H and O–H groups in total. The summed E-state index contributed by atoms with van der Waals surface area (Å²) in [4.78, 5) is 20.1. The van der Waals surface area contributed by atoms with Crippen molar-refractivity contribution in [3.8, 4) is 62.4 Å². The Labute approximate surface area is 322 Å². The van der Waals surface area contributed by atoms with E-state index < -0.39 is 0 Å². The van der Waals surface area contributed by atoms with Crippen LogP contribution in [0.15, 0.2) is 192 Å². The van der Waals surface area contributed by atoms with Crippen LogP contribution in [-0.2, 0) is 0 Å². The highest BCUT2D eigenvalue weighted by molar-refractivity contribution is 6.27. The van der Waals surface area contributed by atoms with Crippen LogP contribution >= 0.6 is 0 Å². The number of oxazole rings is 1. The van der Waals surface area contributed by atoms with Crippen LogP contribution in [0.5, 0.6) is 0 Å². The monoisotopic (exact) mass is 717 g/mol. The van der Waals surface area contributed by atoms with E-state index in [1.165, 1.54) is 0 Å². The van der Waals surface area contributed by atoms with Gasteiger partial charge in [-0.3, -0.25) is 0 Å². The van der Waals surface area contributed by atoms with Gasteiger partial charge in [0.1, 0.15) is 5.52 Å². The van der Waals surface area contributed by atoms with E-state index in [1.54, 1.807) is 0 Å². The number of fused-ring (bicyclic) bond motifs is 7. The van der Waals surface area contributed by atoms with Gasteiger partial charge in [-0.2, -0.15) is 0 Å². The van der Waals surface area contributed by atoms with E-state index in [0.29, 0.717) is 23.4 Å². The second-order valence-electron chi connectivity index (χ2n) is 13.9. The number of rotatable bonds is 6. The summed E-state index contributed by atoms with van der Waals surface area (Å²) in [5.41, 5.74) is 10.7. The van der Waals surface area contributed by atoms with Crippen molar-refractivity contribution in [2.24, 2.45) is 0 Å². The molecule has 0 fully saturated rings. The first kappa shape index (κ1) is 31.8. The molecule has 0 spiro atoms. The highest BCUT2D eigenvalue weighted by Crippen LogP contribution is 2.42. The van der Waals surface area contributed by atoms with E-state index in [4.69, 9.17) is 24.4 Å². The average Bonchev–Trinajstić information content (AvgIpc) is 3.87. The summed E-state index contributed by atoms with van der Waals surface area (Å²) in [5.74, 6) is 2.45. The summed E-state index contributed by atoms with van der Waals surface area (Å²) in [6, 6.07) is 64.6. The summed E-state index contributed by atoms with van der Waals surface area (Å²) < 4.78 is 9.02. The standard InChI is InChI=1S/C50H31N5O/c1-5-14-32(15-6-1)37-22-13-23-39(30-37)55-42-29-26-33-25-28-41-46(56-50(51-41)36-20-11-4-12-21-36)44(33)45(42)40-27-24-38(31-43(40)55)49-53-47(34-16-7-2-8-17-34)52-48(54-49)35-18-9-3-10-19-35/h1-31H. The lowest BCUT2D eigenvalue weighted by atomic mass is 10.0. The Bertz CT molecular complexity index is 3170. The lowest BCUT2D eigenvalue weighted by Crippen LogP contribution is -2.00. The maximum atomic E-state index is 6.67. The van der Waals surface area contributed by atoms with Gasteiger partial charge in [0.25, 0.3) is 0 Å². The fraction of sp³-hybridized carbons (Fsp3) is 0. The smallest absolute Gasteiger partial charge is 0.227 e. The van der Waals surface area contributed by atoms with E-state index in [9.17, 15) is 0 Å². The molecule has 0 radical (unpaired) electrons. The van der Waals surface area contributed by atoms with Crippen LogP contribution in [0.2, 0.25) is 0 Å². The van der Waals surface area contributed by atoms with Crippen LogP contribution in [0.4, 0.5) is 0 Å². The second kappa shape index (κ2) is 13.0. The van der Waals surface area contributed by atoms with Crippen molar-refractivity contribution >= 4 is 43.7 Å². The molecule has 0 atom stereocenters. The quantitative estimate of drug-likeness (QED) is 0.171. The third kappa shape index (κ3) is 5.35. The zero-order chi connectivity index (χ0) is 37.0. The molecule has 3 heterocycles. The molecule has 0 saturated heterocycles. The van der Waals surface area contributed by atoms with E-state index in [-0.39, 0.29) is 0 Å². The van der Waals surface area contributed by atoms with Crippen molar-refractivity contribution in [3.05, 3.63) is 188 Å². The first-order valence-electron chi connectivity index (χ1n) is 18.6. The zero-order valence-electron chi connectivity index (χ0n) is 30.0. The van der Waals surface area contributed by atoms with Gasteiger partial charge in [0.2, 0.25) is 5.89 Å². The third-order valence-corrected chi connectivity index (χ3v) is 10.5. The summed E-state index contributed by atoms with van der Waals surface area (Å²) >= 11 is 0. The average molecular weight is 718 g/mol. The molecule has 0 bridgehead atoms. The number of hydrogen-bond donors (Lipinski definition) is 0. The van der Waals surface area contributed by atoms with Crippen LogP contribution in [0.3, 0.4) is 0 Å². The van der Waals surface area contributed by atoms with Crippen LogP contribution in [0.25, 0.3) is 106 Å². The molecule has 0 amide bonds. The van der Waals surface area contributed by atoms with Crippen molar-refractivity contribution in [2.75, 3.05) is 0 Å². The number of aromatic nitrogens is 5. The summed E-state index contributed by atoms with van der Waals surface area (Å²) in [6.07, 6.45) is 0. The lowest BCUT2D eigenvalue weighted by molar-refractivity contribution is 0.623. The Kier molecular flexibility index (Phi) is 7.38. The minimum atomic E-state index is 0.601. The highest BCUT2D eigenvalue weighted by atomic mass is 16.3. The Morgan fingerprint density at radius 2 is 0.946 bits per heavy atom. The Morgan fingerprint density at radius 3 is 1.61 bits per heavy atom. The molecule has 6 heteroatoms. The summed E-state index contributed by atoms with van der Waals surface area (Å²) in [7, 11) is 0. The van der Waals surface area contributed by atoms with Gasteiger partial charge in [-0.25, -0.2) is 19.9 Å². The van der Waals surface area contributed by atoms with Crippen molar-refractivity contribution in [3.63, 3.8) is 0 Å². The van der Waals surface area contributed by atoms with Gasteiger partial charge in [-0.1, -0.05) is 146 Å². The number of hydrogen-bond acceptors (Lipinski definition) is 5. The molecule has 0 aliphatic carbocycles. The zero-order valence-corrected chi connectivity index (χ0v) is 30.0. The van der Waals surface area contributed by atoms with E-state index in [1.807, 2.05) is 97.1 Å². The van der Waals surface area contributed by atoms with Crippen molar-refractivity contribution in [1.82, 2.24) is 24.5 Å². The lowest BCUT2D eigenvalue weighted by Gasteiger charge is -2.12. The Hall–Kier alpha value is -7.70. The second-order valence-corrected chi connectivity index (χ2v) is 13.9. The van der Waals surface area contributed by atoms with Crippen LogP contribution < -0.4 is 0 Å². The topological polar surface area (TPSA) is 69.6 Å². The van der Waals surface area contributed by atoms with Crippen molar-refractivity contribution in [2.45, 2.75) is 0 Å². The molecule has 0 unspecified atom stereocenters. The van der Waals surface area contributed by atoms with E-state index in [2.05, 4.69) is 95.6 Å². The normalized spacial score (nSPS) is 11.6. The van der Waals surface area contributed by atoms with Gasteiger partial charge in [0, 0.05) is 44.1 Å². The van der Waals surface area contributed by atoms with Crippen LogP contribution in [0, 0.1) is 0 Å². The molecular formula is C50H31N5O. The van der Waals surface area contributed by atoms with Gasteiger partial charge in [-0.15, -0.1) is 0 Å². The minimum Gasteiger partial charge on any atom is -0.435 e. The molecular weight excluding hydrogens is 687 g/mol. The minimum absolute atomic E-state index is 0.601. The molecule has 11 rings (SSSR count). The summed E-state index contributed by atoms with van der Waals surface area (Å²) in [6.45, 7) is 0. The van der Waals surface area contributed by atoms with Gasteiger partial charge >= 0.3 is 0 Å². The third-order valence-electron chi connectivity index (χ3n) is 10.5. The Morgan fingerprint density at radius 1 is 0.375 bits per heavy atom. The molecule has 11 aromatic rings. The van der Waals surface area contributed by atoms with Crippen molar-refractivity contribution in [1.29, 1.82) is 0 Å². The molecule has 3 aromatic heterocycles. The van der Waals surface area contributed by atoms with Gasteiger partial charge in [0.15, 0.2) is 23.1 Å². The molecule has 0 saturated carbocycles. The predicted octanol–water partition coefficient (Wildman–Crippen LogP) is 12.6. The van der Waals surface area contributed by atoms with Gasteiger partial charge in [0.05, 0.1) is 11.0 Å². The summed E-state index contributed by atoms with van der Waals surface area (Å²) in [5, 5.41) is 4.30. The van der Waals surface area contributed by atoms with Gasteiger partial charge < -0.3 is 8.98 Å². The fourth-order valence-electron chi connectivity index (χ4n) is 7.82. The first-order valence-corrected chi connectivity index (χ1v) is 18.6. The highest BCUT2D eigenvalue weighted by Gasteiger charge is 2.21. The van der Waals surface area contributed by atoms with Crippen molar-refractivity contribution < 1.29 is 4.42 Å². The molecule has 6 nitrogen and oxygen atoms in total. The van der Waals surface area contributed by atoms with E-state index in [0.717, 1.165) is 82.7 Å². The largest absolute Gasteiger partial charge is 0.435 e. The number of nitrogens with zero attached hydrogens (tertiary/aromatic N) is 5. The van der Waals surface area contributed by atoms with Gasteiger partial charge in [-0.05, 0) is 59.0 Å². The molecule has 262 valence electrons. The maximum absolute atomic E-state index is 6.67. The van der Waals surface area contributed by atoms with Crippen LogP contribution in [-0.4, -0.2) is 24.5 Å². The predicted molar refractivity (Wildman–Crippen MR) is 226 cm³/mol. The SMILES string of the molecule is c1ccc(-c2cccc(-n3c4cc(-c5nc(-c6ccccc6)nc(-c6ccccc6)n5)ccc4c4c5c(ccc6nc(-c7ccccc7)oc65)ccc43)c2)cc1. The molecule has 0 aliphatic heterocycles. The van der Waals surface area contributed by atoms with E-state index >= 15 is 0 Å². The Balaban J connectivity index is 1.20. The first-order chi connectivity index (χ1) is 27.7. The molecule has 56 heavy (non-hydrogen) atoms. The number of benzene rings is 8. The fourth-order valence-corrected chi connectivity index (χ4v) is 7.82.